The summed E-state index contributed by atoms with van der Waals surface area (Å²) in [6.45, 7) is 5.84. The van der Waals surface area contributed by atoms with Crippen molar-refractivity contribution in [2.45, 2.75) is 32.4 Å². The molecule has 0 aliphatic carbocycles. The molecular weight excluding hydrogens is 324 g/mol. The third kappa shape index (κ3) is 2.43. The molecule has 0 saturated carbocycles. The molecule has 134 valence electrons. The van der Waals surface area contributed by atoms with Gasteiger partial charge in [0.25, 0.3) is 0 Å². The van der Waals surface area contributed by atoms with Crippen LogP contribution in [-0.4, -0.2) is 23.0 Å². The fourth-order valence-electron chi connectivity index (χ4n) is 4.33. The molecule has 1 aliphatic rings. The number of hydrogen-bond donors (Lipinski definition) is 1. The first kappa shape index (κ1) is 18.2. The molecule has 3 unspecified atom stereocenters. The Hall–Kier alpha value is -2.64. The molecule has 0 spiro atoms. The van der Waals surface area contributed by atoms with Gasteiger partial charge < -0.3 is 10.0 Å². The third-order valence-corrected chi connectivity index (χ3v) is 5.84. The van der Waals surface area contributed by atoms with Crippen molar-refractivity contribution >= 4 is 5.91 Å². The van der Waals surface area contributed by atoms with Gasteiger partial charge in [-0.1, -0.05) is 74.0 Å². The van der Waals surface area contributed by atoms with Gasteiger partial charge in [-0.3, -0.25) is 4.79 Å². The van der Waals surface area contributed by atoms with Gasteiger partial charge in [-0.2, -0.15) is 5.26 Å². The summed E-state index contributed by atoms with van der Waals surface area (Å²) in [5, 5.41) is 21.6. The lowest BCUT2D eigenvalue weighted by Crippen LogP contribution is -2.65. The highest BCUT2D eigenvalue weighted by Crippen LogP contribution is 2.57. The van der Waals surface area contributed by atoms with Crippen molar-refractivity contribution in [2.75, 3.05) is 7.05 Å². The minimum absolute atomic E-state index is 0.358. The highest BCUT2D eigenvalue weighted by molar-refractivity contribution is 5.84. The van der Waals surface area contributed by atoms with Crippen molar-refractivity contribution in [3.63, 3.8) is 0 Å². The lowest BCUT2D eigenvalue weighted by atomic mass is 9.58. The van der Waals surface area contributed by atoms with E-state index >= 15 is 0 Å². The molecule has 3 atom stereocenters. The Balaban J connectivity index is 2.24. The Labute approximate surface area is 154 Å². The van der Waals surface area contributed by atoms with Crippen LogP contribution < -0.4 is 0 Å². The minimum Gasteiger partial charge on any atom is -0.366 e. The molecule has 26 heavy (non-hydrogen) atoms. The van der Waals surface area contributed by atoms with E-state index in [1.54, 1.807) is 7.05 Å². The van der Waals surface area contributed by atoms with Gasteiger partial charge in [0.15, 0.2) is 5.72 Å². The maximum atomic E-state index is 13.0. The van der Waals surface area contributed by atoms with Crippen molar-refractivity contribution in [3.05, 3.63) is 71.3 Å². The smallest absolute Gasteiger partial charge is 0.242 e. The number of piperidine rings is 1. The van der Waals surface area contributed by atoms with E-state index in [0.717, 1.165) is 11.1 Å². The lowest BCUT2D eigenvalue weighted by molar-refractivity contribution is -0.222. The van der Waals surface area contributed by atoms with Crippen LogP contribution in [0.15, 0.2) is 54.6 Å². The van der Waals surface area contributed by atoms with Gasteiger partial charge in [0, 0.05) is 23.9 Å². The number of nitriles is 1. The van der Waals surface area contributed by atoms with E-state index in [1.165, 1.54) is 4.90 Å². The van der Waals surface area contributed by atoms with Crippen molar-refractivity contribution in [3.8, 4) is 6.07 Å². The highest BCUT2D eigenvalue weighted by Gasteiger charge is 2.62. The molecule has 1 aliphatic heterocycles. The van der Waals surface area contributed by atoms with Crippen LogP contribution in [0.25, 0.3) is 0 Å². The molecule has 1 saturated heterocycles. The summed E-state index contributed by atoms with van der Waals surface area (Å²) >= 11 is 0. The summed E-state index contributed by atoms with van der Waals surface area (Å²) in [4.78, 5) is 14.4. The van der Waals surface area contributed by atoms with Crippen molar-refractivity contribution in [2.24, 2.45) is 11.3 Å². The van der Waals surface area contributed by atoms with Crippen LogP contribution >= 0.6 is 0 Å². The van der Waals surface area contributed by atoms with Crippen molar-refractivity contribution < 1.29 is 9.90 Å². The Morgan fingerprint density at radius 2 is 1.65 bits per heavy atom. The fourth-order valence-corrected chi connectivity index (χ4v) is 4.33. The van der Waals surface area contributed by atoms with Gasteiger partial charge in [0.2, 0.25) is 5.91 Å². The second-order valence-electron chi connectivity index (χ2n) is 7.65. The zero-order valence-corrected chi connectivity index (χ0v) is 15.6. The molecule has 1 heterocycles. The first-order valence-corrected chi connectivity index (χ1v) is 8.77. The van der Waals surface area contributed by atoms with Crippen LogP contribution in [0.2, 0.25) is 0 Å². The number of carbonyl (C=O) groups is 1. The van der Waals surface area contributed by atoms with E-state index in [0.29, 0.717) is 5.56 Å². The number of carbonyl (C=O) groups excluding carboxylic acids is 1. The molecule has 1 fully saturated rings. The van der Waals surface area contributed by atoms with Crippen LogP contribution in [0.5, 0.6) is 0 Å². The third-order valence-electron chi connectivity index (χ3n) is 5.84. The number of aryl methyl sites for hydroxylation is 1. The monoisotopic (exact) mass is 348 g/mol. The van der Waals surface area contributed by atoms with E-state index in [2.05, 4.69) is 6.07 Å². The number of aliphatic hydroxyl groups is 1. The van der Waals surface area contributed by atoms with E-state index in [4.69, 9.17) is 0 Å². The normalized spacial score (nSPS) is 27.8. The average molecular weight is 348 g/mol. The molecule has 0 aromatic heterocycles. The summed E-state index contributed by atoms with van der Waals surface area (Å²) in [6.07, 6.45) is 0. The second kappa shape index (κ2) is 6.26. The van der Waals surface area contributed by atoms with Gasteiger partial charge in [0.1, 0.15) is 5.92 Å². The maximum Gasteiger partial charge on any atom is 0.242 e. The predicted octanol–water partition coefficient (Wildman–Crippen LogP) is 3.56. The first-order chi connectivity index (χ1) is 12.2. The number of rotatable bonds is 2. The van der Waals surface area contributed by atoms with E-state index in [9.17, 15) is 15.2 Å². The molecular formula is C22H24N2O2. The molecule has 0 bridgehead atoms. The highest BCUT2D eigenvalue weighted by atomic mass is 16.3. The van der Waals surface area contributed by atoms with Gasteiger partial charge in [-0.15, -0.1) is 0 Å². The average Bonchev–Trinajstić information content (AvgIpc) is 2.64. The van der Waals surface area contributed by atoms with E-state index in [-0.39, 0.29) is 5.91 Å². The summed E-state index contributed by atoms with van der Waals surface area (Å²) in [5.41, 5.74) is 0.310. The van der Waals surface area contributed by atoms with Gasteiger partial charge in [-0.25, -0.2) is 0 Å². The first-order valence-electron chi connectivity index (χ1n) is 8.77. The van der Waals surface area contributed by atoms with E-state index in [1.807, 2.05) is 75.4 Å². The number of likely N-dealkylation sites (tertiary alicyclic amines) is 1. The second-order valence-corrected chi connectivity index (χ2v) is 7.65. The molecule has 4 nitrogen and oxygen atoms in total. The molecule has 3 rings (SSSR count). The predicted molar refractivity (Wildman–Crippen MR) is 99.9 cm³/mol. The van der Waals surface area contributed by atoms with E-state index < -0.39 is 23.0 Å². The van der Waals surface area contributed by atoms with Crippen LogP contribution in [0.4, 0.5) is 0 Å². The zero-order chi connectivity index (χ0) is 19.1. The number of amides is 1. The van der Waals surface area contributed by atoms with Crippen LogP contribution in [0.3, 0.4) is 0 Å². The Bertz CT molecular complexity index is 852. The molecule has 2 aromatic carbocycles. The fraction of sp³-hybridized carbons (Fsp3) is 0.364. The molecule has 0 radical (unpaired) electrons. The minimum atomic E-state index is -1.52. The molecule has 4 heteroatoms. The number of nitrogens with zero attached hydrogens (tertiary/aromatic N) is 2. The molecule has 1 amide bonds. The Kier molecular flexibility index (Phi) is 4.37. The summed E-state index contributed by atoms with van der Waals surface area (Å²) in [6, 6.07) is 19.3. The van der Waals surface area contributed by atoms with Crippen LogP contribution in [-0.2, 0) is 10.5 Å². The summed E-state index contributed by atoms with van der Waals surface area (Å²) in [5.74, 6) is -1.63. The number of benzene rings is 2. The Morgan fingerprint density at radius 3 is 2.19 bits per heavy atom. The van der Waals surface area contributed by atoms with Crippen LogP contribution in [0, 0.1) is 29.6 Å². The zero-order valence-electron chi connectivity index (χ0n) is 15.6. The van der Waals surface area contributed by atoms with Gasteiger partial charge in [-0.05, 0) is 12.5 Å². The summed E-state index contributed by atoms with van der Waals surface area (Å²) < 4.78 is 0. The largest absolute Gasteiger partial charge is 0.366 e. The standard InChI is InChI=1S/C22H24N2O2/c1-15-10-12-17(13-11-15)22(26)21(2,3)19(16-8-6-5-7-9-16)18(14-23)20(25)24(22)4/h5-13,18-19,26H,1-4H3. The number of hydrogen-bond acceptors (Lipinski definition) is 3. The quantitative estimate of drug-likeness (QED) is 0.902. The van der Waals surface area contributed by atoms with Crippen molar-refractivity contribution in [1.82, 2.24) is 4.90 Å². The molecule has 2 aromatic rings. The topological polar surface area (TPSA) is 64.3 Å². The van der Waals surface area contributed by atoms with Crippen molar-refractivity contribution in [1.29, 1.82) is 5.26 Å². The van der Waals surface area contributed by atoms with Gasteiger partial charge >= 0.3 is 0 Å². The Morgan fingerprint density at radius 1 is 1.08 bits per heavy atom. The summed E-state index contributed by atoms with van der Waals surface area (Å²) in [7, 11) is 1.58. The van der Waals surface area contributed by atoms with Gasteiger partial charge in [0.05, 0.1) is 6.07 Å². The maximum absolute atomic E-state index is 13.0. The SMILES string of the molecule is Cc1ccc(C2(O)N(C)C(=O)C(C#N)C(c3ccccc3)C2(C)C)cc1. The lowest BCUT2D eigenvalue weighted by Gasteiger charge is -2.57. The molecule has 1 N–H and O–H groups in total. The van der Waals surface area contributed by atoms with Crippen LogP contribution in [0.1, 0.15) is 36.5 Å².